The van der Waals surface area contributed by atoms with Crippen LogP contribution < -0.4 is 5.73 Å². The normalized spacial score (nSPS) is 14.7. The highest BCUT2D eigenvalue weighted by molar-refractivity contribution is 7.99. The molecule has 0 aromatic rings. The van der Waals surface area contributed by atoms with E-state index in [9.17, 15) is 0 Å². The Morgan fingerprint density at radius 2 is 1.93 bits per heavy atom. The van der Waals surface area contributed by atoms with Gasteiger partial charge in [-0.05, 0) is 44.1 Å². The zero-order chi connectivity index (χ0) is 10.9. The molecule has 2 nitrogen and oxygen atoms in total. The zero-order valence-electron chi connectivity index (χ0n) is 9.38. The van der Waals surface area contributed by atoms with Crippen molar-refractivity contribution in [2.24, 2.45) is 5.73 Å². The quantitative estimate of drug-likeness (QED) is 0.632. The number of nitrogens with two attached hydrogens (primary N) is 1. The Morgan fingerprint density at radius 3 is 2.50 bits per heavy atom. The van der Waals surface area contributed by atoms with Gasteiger partial charge in [-0.3, -0.25) is 0 Å². The lowest BCUT2D eigenvalue weighted by Crippen LogP contribution is -2.33. The van der Waals surface area contributed by atoms with Gasteiger partial charge in [0.1, 0.15) is 5.54 Å². The molecule has 0 spiro atoms. The van der Waals surface area contributed by atoms with Crippen molar-refractivity contribution < 1.29 is 0 Å². The van der Waals surface area contributed by atoms with E-state index in [2.05, 4.69) is 13.0 Å². The number of hydrogen-bond donors (Lipinski definition) is 1. The first-order chi connectivity index (χ1) is 6.62. The van der Waals surface area contributed by atoms with E-state index in [-0.39, 0.29) is 0 Å². The maximum Gasteiger partial charge on any atom is 0.101 e. The highest BCUT2D eigenvalue weighted by Gasteiger charge is 2.15. The van der Waals surface area contributed by atoms with E-state index >= 15 is 0 Å². The summed E-state index contributed by atoms with van der Waals surface area (Å²) in [5.74, 6) is 2.48. The van der Waals surface area contributed by atoms with Crippen LogP contribution in [0, 0.1) is 11.3 Å². The van der Waals surface area contributed by atoms with Gasteiger partial charge in [0.15, 0.2) is 0 Å². The third-order valence-electron chi connectivity index (χ3n) is 2.13. The van der Waals surface area contributed by atoms with Gasteiger partial charge in [-0.15, -0.1) is 0 Å². The fourth-order valence-corrected chi connectivity index (χ4v) is 2.21. The van der Waals surface area contributed by atoms with Gasteiger partial charge in [-0.1, -0.05) is 13.3 Å². The number of unbranched alkanes of at least 4 members (excludes halogenated alkanes) is 2. The molecule has 0 amide bonds. The number of nitriles is 1. The Morgan fingerprint density at radius 1 is 1.29 bits per heavy atom. The van der Waals surface area contributed by atoms with E-state index in [4.69, 9.17) is 11.0 Å². The first kappa shape index (κ1) is 13.8. The second-order valence-electron chi connectivity index (χ2n) is 3.95. The van der Waals surface area contributed by atoms with Gasteiger partial charge in [0, 0.05) is 0 Å². The summed E-state index contributed by atoms with van der Waals surface area (Å²) in [4.78, 5) is 0. The van der Waals surface area contributed by atoms with Crippen LogP contribution >= 0.6 is 11.8 Å². The molecule has 0 aliphatic heterocycles. The van der Waals surface area contributed by atoms with Crippen molar-refractivity contribution >= 4 is 11.8 Å². The second-order valence-corrected chi connectivity index (χ2v) is 5.18. The topological polar surface area (TPSA) is 49.8 Å². The van der Waals surface area contributed by atoms with Crippen LogP contribution in [0.2, 0.25) is 0 Å². The van der Waals surface area contributed by atoms with E-state index in [1.165, 1.54) is 30.8 Å². The van der Waals surface area contributed by atoms with Crippen LogP contribution in [0.5, 0.6) is 0 Å². The van der Waals surface area contributed by atoms with Crippen LogP contribution in [0.1, 0.15) is 46.0 Å². The molecule has 1 unspecified atom stereocenters. The molecule has 0 saturated heterocycles. The third-order valence-corrected chi connectivity index (χ3v) is 3.29. The maximum atomic E-state index is 8.69. The molecule has 3 heteroatoms. The van der Waals surface area contributed by atoms with Gasteiger partial charge in [-0.2, -0.15) is 17.0 Å². The minimum absolute atomic E-state index is 0.617. The SMILES string of the molecule is CCCCSCCCCC(C)(N)C#N. The molecule has 0 heterocycles. The lowest BCUT2D eigenvalue weighted by molar-refractivity contribution is 0.519. The molecule has 0 rings (SSSR count). The molecule has 2 N–H and O–H groups in total. The largest absolute Gasteiger partial charge is 0.314 e. The third kappa shape index (κ3) is 8.40. The lowest BCUT2D eigenvalue weighted by atomic mass is 9.99. The van der Waals surface area contributed by atoms with Crippen molar-refractivity contribution in [3.63, 3.8) is 0 Å². The average Bonchev–Trinajstić information content (AvgIpc) is 2.16. The van der Waals surface area contributed by atoms with Crippen molar-refractivity contribution in [1.82, 2.24) is 0 Å². The van der Waals surface area contributed by atoms with Gasteiger partial charge in [-0.25, -0.2) is 0 Å². The fourth-order valence-electron chi connectivity index (χ4n) is 1.10. The zero-order valence-corrected chi connectivity index (χ0v) is 10.2. The highest BCUT2D eigenvalue weighted by Crippen LogP contribution is 2.13. The smallest absolute Gasteiger partial charge is 0.101 e. The van der Waals surface area contributed by atoms with Crippen molar-refractivity contribution in [3.05, 3.63) is 0 Å². The summed E-state index contributed by atoms with van der Waals surface area (Å²) in [6, 6.07) is 2.12. The molecular weight excluding hydrogens is 192 g/mol. The summed E-state index contributed by atoms with van der Waals surface area (Å²) in [6.45, 7) is 4.02. The van der Waals surface area contributed by atoms with Gasteiger partial charge >= 0.3 is 0 Å². The molecule has 0 aliphatic carbocycles. The number of nitrogens with zero attached hydrogens (tertiary/aromatic N) is 1. The van der Waals surface area contributed by atoms with Gasteiger partial charge in [0.2, 0.25) is 0 Å². The van der Waals surface area contributed by atoms with Crippen LogP contribution in [-0.4, -0.2) is 17.0 Å². The number of thioether (sulfide) groups is 1. The van der Waals surface area contributed by atoms with E-state index in [0.29, 0.717) is 0 Å². The monoisotopic (exact) mass is 214 g/mol. The van der Waals surface area contributed by atoms with E-state index < -0.39 is 5.54 Å². The molecule has 82 valence electrons. The van der Waals surface area contributed by atoms with Crippen LogP contribution in [0.15, 0.2) is 0 Å². The predicted octanol–water partition coefficient (Wildman–Crippen LogP) is 2.93. The lowest BCUT2D eigenvalue weighted by Gasteiger charge is -2.14. The maximum absolute atomic E-state index is 8.69. The molecule has 1 atom stereocenters. The van der Waals surface area contributed by atoms with Gasteiger partial charge in [0.05, 0.1) is 6.07 Å². The average molecular weight is 214 g/mol. The van der Waals surface area contributed by atoms with E-state index in [1.54, 1.807) is 6.92 Å². The molecule has 0 aliphatic rings. The van der Waals surface area contributed by atoms with Gasteiger partial charge < -0.3 is 5.73 Å². The van der Waals surface area contributed by atoms with Crippen LogP contribution in [-0.2, 0) is 0 Å². The Balaban J connectivity index is 3.18. The minimum atomic E-state index is -0.617. The fraction of sp³-hybridized carbons (Fsp3) is 0.909. The molecule has 14 heavy (non-hydrogen) atoms. The second kappa shape index (κ2) is 8.14. The molecule has 0 aromatic carbocycles. The Kier molecular flexibility index (Phi) is 8.02. The van der Waals surface area contributed by atoms with Crippen molar-refractivity contribution in [3.8, 4) is 6.07 Å². The van der Waals surface area contributed by atoms with Crippen LogP contribution in [0.4, 0.5) is 0 Å². The summed E-state index contributed by atoms with van der Waals surface area (Å²) >= 11 is 2.01. The van der Waals surface area contributed by atoms with Crippen molar-refractivity contribution in [1.29, 1.82) is 5.26 Å². The number of rotatable bonds is 8. The van der Waals surface area contributed by atoms with Crippen LogP contribution in [0.3, 0.4) is 0 Å². The summed E-state index contributed by atoms with van der Waals surface area (Å²) in [5.41, 5.74) is 5.09. The summed E-state index contributed by atoms with van der Waals surface area (Å²) in [5, 5.41) is 8.69. The first-order valence-corrected chi connectivity index (χ1v) is 6.55. The minimum Gasteiger partial charge on any atom is -0.314 e. The van der Waals surface area contributed by atoms with Gasteiger partial charge in [0.25, 0.3) is 0 Å². The van der Waals surface area contributed by atoms with E-state index in [1.807, 2.05) is 11.8 Å². The molecule has 0 fully saturated rings. The first-order valence-electron chi connectivity index (χ1n) is 5.40. The van der Waals surface area contributed by atoms with Crippen molar-refractivity contribution in [2.75, 3.05) is 11.5 Å². The summed E-state index contributed by atoms with van der Waals surface area (Å²) in [6.07, 6.45) is 5.67. The summed E-state index contributed by atoms with van der Waals surface area (Å²) < 4.78 is 0. The Bertz CT molecular complexity index is 173. The van der Waals surface area contributed by atoms with E-state index in [0.717, 1.165) is 12.8 Å². The predicted molar refractivity (Wildman–Crippen MR) is 64.3 cm³/mol. The Labute approximate surface area is 92.2 Å². The molecule has 0 bridgehead atoms. The number of hydrogen-bond acceptors (Lipinski definition) is 3. The molecule has 0 radical (unpaired) electrons. The molecule has 0 saturated carbocycles. The summed E-state index contributed by atoms with van der Waals surface area (Å²) in [7, 11) is 0. The van der Waals surface area contributed by atoms with Crippen LogP contribution in [0.25, 0.3) is 0 Å². The standard InChI is InChI=1S/C11H22N2S/c1-3-4-8-14-9-6-5-7-11(2,13)10-12/h3-9,13H2,1-2H3. The Hall–Kier alpha value is -0.200. The highest BCUT2D eigenvalue weighted by atomic mass is 32.2. The molecular formula is C11H22N2S. The van der Waals surface area contributed by atoms with Crippen molar-refractivity contribution in [2.45, 2.75) is 51.5 Å². The molecule has 0 aromatic heterocycles.